The number of aromatic nitrogens is 6. The van der Waals surface area contributed by atoms with Gasteiger partial charge in [-0.3, -0.25) is 48.3 Å². The zero-order chi connectivity index (χ0) is 74.9. The number of carbonyl (C=O) groups excluding carboxylic acids is 7. The smallest absolute Gasteiger partial charge is 0.417 e. The van der Waals surface area contributed by atoms with E-state index in [0.29, 0.717) is 81.4 Å². The Morgan fingerprint density at radius 3 is 1.32 bits per heavy atom. The molecule has 7 amide bonds. The van der Waals surface area contributed by atoms with Crippen molar-refractivity contribution in [3.8, 4) is 5.75 Å². The summed E-state index contributed by atoms with van der Waals surface area (Å²) in [4.78, 5) is 97.8. The lowest BCUT2D eigenvalue weighted by molar-refractivity contribution is -0.134. The normalized spacial score (nSPS) is 22.4. The summed E-state index contributed by atoms with van der Waals surface area (Å²) in [7, 11) is 0. The maximum absolute atomic E-state index is 13.5. The van der Waals surface area contributed by atoms with Crippen LogP contribution in [0, 0.1) is 51.1 Å². The van der Waals surface area contributed by atoms with Gasteiger partial charge in [0.1, 0.15) is 29.2 Å². The molecule has 3 N–H and O–H groups in total. The molecule has 558 valence electrons. The van der Waals surface area contributed by atoms with Crippen LogP contribution in [-0.4, -0.2) is 157 Å². The minimum absolute atomic E-state index is 0.00245. The molecule has 104 heavy (non-hydrogen) atoms. The number of benzene rings is 3. The Labute approximate surface area is 596 Å². The van der Waals surface area contributed by atoms with Gasteiger partial charge in [0, 0.05) is 55.1 Å². The van der Waals surface area contributed by atoms with Gasteiger partial charge in [-0.15, -0.1) is 0 Å². The molecule has 6 fully saturated rings. The van der Waals surface area contributed by atoms with Crippen LogP contribution >= 0.6 is 0 Å². The molecule has 15 rings (SSSR count). The van der Waals surface area contributed by atoms with Crippen LogP contribution in [0.4, 0.5) is 63.5 Å². The Kier molecular flexibility index (Phi) is 20.3. The molecule has 0 bridgehead atoms. The van der Waals surface area contributed by atoms with Crippen LogP contribution in [0.2, 0.25) is 0 Å². The second kappa shape index (κ2) is 28.5. The van der Waals surface area contributed by atoms with Gasteiger partial charge in [0.2, 0.25) is 11.8 Å². The number of nitrogens with one attached hydrogen (secondary N) is 1. The SMILES string of the molecule is C[C@H]1Cn2ncc(N3CC4(CCC4)C(O)C3=O)c2CN1C(=O)Cc1cc(F)c(F)c(F)c1.C[C@H]1Cn2ncc(N3CC4(CCC4)C(O)C3=O)c2CN1C(=O)OC(C)(C)C.C[C@H]1Cn2ncc(N3CC4(CCC4)CC3=O)c2CN1C(=O)OC(C)(C)C.O=C(Nc1cc(F)c(F)c(F)c1)Oc1ccccc1. The fraction of sp³-hybridized carbons (Fsp3) is 0.534. The Morgan fingerprint density at radius 1 is 0.548 bits per heavy atom. The van der Waals surface area contributed by atoms with E-state index in [4.69, 9.17) is 14.2 Å². The van der Waals surface area contributed by atoms with E-state index in [2.05, 4.69) is 20.6 Å². The number of nitrogens with zero attached hydrogens (tertiary/aromatic N) is 12. The van der Waals surface area contributed by atoms with Gasteiger partial charge in [0.05, 0.1) is 116 Å². The summed E-state index contributed by atoms with van der Waals surface area (Å²) in [5.74, 6) is -9.15. The standard InChI is InChI=1S/C22H23F3N4O3.C19H28N4O4.C19H28N4O3.C13H8F3NO2/c1-12-9-29-17(10-27(12)18(30)7-13-5-14(23)19(25)15(24)6-13)16(8-26-29)28-11-22(3-2-4-22)20(31)21(28)32;1-12-9-23-14(10-21(12)17(26)27-18(2,3)4)13(8-20-23)22-11-19(6-5-7-19)15(24)16(22)25;1-13-10-23-15(11-21(13)17(25)26-18(2,3)4)14(9-20-23)22-12-19(6-5-7-19)8-16(22)24;14-10-6-8(7-11(15)12(10)16)17-13(18)19-9-4-2-1-3-5-9/h5-6,8,12,20,31H,2-4,7,9-11H2,1H3;8,12,15,24H,5-7,9-11H2,1-4H3;9,13H,5-8,10-12H2,1-4H3;1-7H,(H,17,18)/t12-,20?;12-,15?;13-;/m000./s1. The molecule has 5 atom stereocenters. The predicted octanol–water partition coefficient (Wildman–Crippen LogP) is 10.7. The average molecular weight is 1450 g/mol. The van der Waals surface area contributed by atoms with Crippen LogP contribution in [-0.2, 0) is 74.3 Å². The summed E-state index contributed by atoms with van der Waals surface area (Å²) in [5, 5.41) is 36.3. The van der Waals surface area contributed by atoms with Crippen LogP contribution in [0.15, 0.2) is 73.2 Å². The lowest BCUT2D eigenvalue weighted by Gasteiger charge is -2.39. The van der Waals surface area contributed by atoms with E-state index >= 15 is 0 Å². The van der Waals surface area contributed by atoms with Gasteiger partial charge in [0.15, 0.2) is 34.9 Å². The van der Waals surface area contributed by atoms with Crippen molar-refractivity contribution in [2.75, 3.05) is 39.7 Å². The first kappa shape index (κ1) is 74.2. The third-order valence-electron chi connectivity index (χ3n) is 21.2. The highest BCUT2D eigenvalue weighted by molar-refractivity contribution is 6.01. The Balaban J connectivity index is 0.000000132. The van der Waals surface area contributed by atoms with Crippen molar-refractivity contribution in [3.63, 3.8) is 0 Å². The molecular weight excluding hydrogens is 1360 g/mol. The number of aliphatic hydroxyl groups is 2. The number of ether oxygens (including phenoxy) is 3. The van der Waals surface area contributed by atoms with Crippen LogP contribution in [0.1, 0.15) is 149 Å². The monoisotopic (exact) mass is 1450 g/mol. The molecule has 3 spiro atoms. The molecule has 25 nitrogen and oxygen atoms in total. The molecule has 3 saturated heterocycles. The maximum atomic E-state index is 13.5. The Bertz CT molecular complexity index is 4270. The van der Waals surface area contributed by atoms with Crippen molar-refractivity contribution in [1.29, 1.82) is 0 Å². The van der Waals surface area contributed by atoms with E-state index in [1.165, 1.54) is 18.6 Å². The lowest BCUT2D eigenvalue weighted by Crippen LogP contribution is -2.47. The van der Waals surface area contributed by atoms with Crippen LogP contribution in [0.5, 0.6) is 5.75 Å². The molecule has 3 aliphatic carbocycles. The topological polar surface area (TPSA) is 273 Å². The summed E-state index contributed by atoms with van der Waals surface area (Å²) in [6.07, 6.45) is 10.7. The van der Waals surface area contributed by atoms with Crippen LogP contribution in [0.3, 0.4) is 0 Å². The van der Waals surface area contributed by atoms with Crippen LogP contribution < -0.4 is 24.8 Å². The van der Waals surface area contributed by atoms with E-state index in [1.807, 2.05) is 76.6 Å². The van der Waals surface area contributed by atoms with Gasteiger partial charge in [-0.05, 0) is 136 Å². The number of aliphatic hydroxyl groups excluding tert-OH is 2. The maximum Gasteiger partial charge on any atom is 0.417 e. The zero-order valence-corrected chi connectivity index (χ0v) is 59.6. The quantitative estimate of drug-likeness (QED) is 0.0990. The van der Waals surface area contributed by atoms with Gasteiger partial charge < -0.3 is 44.0 Å². The van der Waals surface area contributed by atoms with E-state index in [1.54, 1.807) is 66.0 Å². The van der Waals surface area contributed by atoms with E-state index in [-0.39, 0.29) is 94.7 Å². The highest BCUT2D eigenvalue weighted by Gasteiger charge is 2.57. The third kappa shape index (κ3) is 15.0. The lowest BCUT2D eigenvalue weighted by atomic mass is 9.67. The highest BCUT2D eigenvalue weighted by atomic mass is 19.2. The summed E-state index contributed by atoms with van der Waals surface area (Å²) in [5.41, 5.74) is 2.72. The highest BCUT2D eigenvalue weighted by Crippen LogP contribution is 2.53. The summed E-state index contributed by atoms with van der Waals surface area (Å²) in [6.45, 7) is 21.1. The number of para-hydroxylation sites is 1. The molecule has 31 heteroatoms. The molecule has 6 aliphatic heterocycles. The van der Waals surface area contributed by atoms with E-state index < -0.39 is 69.8 Å². The van der Waals surface area contributed by atoms with Gasteiger partial charge in [-0.25, -0.2) is 40.7 Å². The Hall–Kier alpha value is -9.52. The van der Waals surface area contributed by atoms with Gasteiger partial charge in [-0.2, -0.15) is 15.3 Å². The van der Waals surface area contributed by atoms with Gasteiger partial charge in [-0.1, -0.05) is 37.5 Å². The Morgan fingerprint density at radius 2 is 0.942 bits per heavy atom. The number of halogens is 6. The van der Waals surface area contributed by atoms with Gasteiger partial charge >= 0.3 is 18.3 Å². The van der Waals surface area contributed by atoms with E-state index in [0.717, 1.165) is 87.1 Å². The number of anilines is 4. The summed E-state index contributed by atoms with van der Waals surface area (Å²) >= 11 is 0. The molecule has 9 aliphatic rings. The predicted molar refractivity (Wildman–Crippen MR) is 364 cm³/mol. The van der Waals surface area contributed by atoms with Crippen molar-refractivity contribution in [1.82, 2.24) is 44.0 Å². The molecule has 9 heterocycles. The first-order valence-electron chi connectivity index (χ1n) is 35.1. The van der Waals surface area contributed by atoms with Crippen molar-refractivity contribution in [2.45, 2.75) is 214 Å². The minimum atomic E-state index is -1.60. The average Bonchev–Trinajstić information content (AvgIpc) is 1.59. The minimum Gasteiger partial charge on any atom is -0.444 e. The second-order valence-electron chi connectivity index (χ2n) is 31.0. The molecule has 0 radical (unpaired) electrons. The third-order valence-corrected chi connectivity index (χ3v) is 21.2. The molecule has 3 saturated carbocycles. The number of hydrogen-bond acceptors (Lipinski definition) is 15. The van der Waals surface area contributed by atoms with Crippen molar-refractivity contribution in [3.05, 3.63) is 131 Å². The molecule has 6 aromatic rings. The number of carbonyl (C=O) groups is 7. The summed E-state index contributed by atoms with van der Waals surface area (Å²) < 4.78 is 100. The fourth-order valence-electron chi connectivity index (χ4n) is 15.1. The zero-order valence-electron chi connectivity index (χ0n) is 59.6. The summed E-state index contributed by atoms with van der Waals surface area (Å²) in [6, 6.07) is 10.8. The van der Waals surface area contributed by atoms with Crippen molar-refractivity contribution < 1.29 is 84.3 Å². The fourth-order valence-corrected chi connectivity index (χ4v) is 15.1. The molecular formula is C73H87F6N13O12. The molecule has 3 aromatic carbocycles. The molecule has 3 aromatic heterocycles. The number of fused-ring (bicyclic) bond motifs is 3. The number of hydrogen-bond donors (Lipinski definition) is 3. The van der Waals surface area contributed by atoms with Crippen LogP contribution in [0.25, 0.3) is 0 Å². The van der Waals surface area contributed by atoms with Gasteiger partial charge in [0.25, 0.3) is 11.8 Å². The second-order valence-corrected chi connectivity index (χ2v) is 31.0. The molecule has 2 unspecified atom stereocenters. The first-order valence-corrected chi connectivity index (χ1v) is 35.1. The number of rotatable bonds is 7. The van der Waals surface area contributed by atoms with E-state index in [9.17, 15) is 70.1 Å². The largest absolute Gasteiger partial charge is 0.444 e. The van der Waals surface area contributed by atoms with Crippen molar-refractivity contribution >= 4 is 64.7 Å². The number of amides is 7. The first-order chi connectivity index (χ1) is 49.0. The van der Waals surface area contributed by atoms with Crippen molar-refractivity contribution in [2.24, 2.45) is 16.2 Å².